The zero-order chi connectivity index (χ0) is 17.0. The van der Waals surface area contributed by atoms with Gasteiger partial charge < -0.3 is 21.5 Å². The Morgan fingerprint density at radius 1 is 1.30 bits per heavy atom. The van der Waals surface area contributed by atoms with Crippen molar-refractivity contribution in [1.29, 1.82) is 0 Å². The molecule has 3 amide bonds. The summed E-state index contributed by atoms with van der Waals surface area (Å²) < 4.78 is 5.22. The molecule has 1 aliphatic rings. The summed E-state index contributed by atoms with van der Waals surface area (Å²) >= 11 is 0. The maximum atomic E-state index is 12.1. The molecule has 0 aromatic heterocycles. The number of nitrogens with one attached hydrogen (secondary N) is 1. The lowest BCUT2D eigenvalue weighted by molar-refractivity contribution is -0.134. The van der Waals surface area contributed by atoms with Gasteiger partial charge >= 0.3 is 0 Å². The molecule has 1 atom stereocenters. The van der Waals surface area contributed by atoms with Crippen LogP contribution in [0.25, 0.3) is 0 Å². The van der Waals surface area contributed by atoms with Crippen molar-refractivity contribution in [2.24, 2.45) is 11.5 Å². The number of ether oxygens (including phenoxy) is 1. The van der Waals surface area contributed by atoms with Gasteiger partial charge in [0.1, 0.15) is 5.75 Å². The van der Waals surface area contributed by atoms with Gasteiger partial charge in [0.2, 0.25) is 17.7 Å². The SMILES string of the molecule is COc1ccc2c(c1)CCC[C@H]2CC(=O)NC(C(N)=O)C(N)=O. The molecular weight excluding hydrogens is 298 g/mol. The van der Waals surface area contributed by atoms with Crippen LogP contribution in [0.3, 0.4) is 0 Å². The third-order valence-electron chi connectivity index (χ3n) is 4.09. The van der Waals surface area contributed by atoms with Crippen molar-refractivity contribution in [1.82, 2.24) is 5.32 Å². The standard InChI is InChI=1S/C16H21N3O4/c1-23-11-5-6-12-9(7-11)3-2-4-10(12)8-13(20)19-14(15(17)21)16(18)22/h5-7,10,14H,2-4,8H2,1H3,(H2,17,21)(H2,18,22)(H,19,20)/t10-/m0/s1. The molecule has 0 unspecified atom stereocenters. The van der Waals surface area contributed by atoms with Gasteiger partial charge in [-0.3, -0.25) is 14.4 Å². The van der Waals surface area contributed by atoms with Crippen LogP contribution in [-0.4, -0.2) is 30.9 Å². The van der Waals surface area contributed by atoms with E-state index in [1.54, 1.807) is 7.11 Å². The van der Waals surface area contributed by atoms with E-state index in [1.807, 2.05) is 18.2 Å². The van der Waals surface area contributed by atoms with Crippen LogP contribution in [0.15, 0.2) is 18.2 Å². The topological polar surface area (TPSA) is 125 Å². The van der Waals surface area contributed by atoms with E-state index in [2.05, 4.69) is 5.32 Å². The first-order valence-electron chi connectivity index (χ1n) is 7.47. The maximum absolute atomic E-state index is 12.1. The second-order valence-corrected chi connectivity index (χ2v) is 5.66. The fraction of sp³-hybridized carbons (Fsp3) is 0.438. The van der Waals surface area contributed by atoms with E-state index in [-0.39, 0.29) is 12.3 Å². The molecule has 5 N–H and O–H groups in total. The molecule has 0 fully saturated rings. The molecule has 7 nitrogen and oxygen atoms in total. The minimum Gasteiger partial charge on any atom is -0.497 e. The van der Waals surface area contributed by atoms with E-state index in [1.165, 1.54) is 0 Å². The highest BCUT2D eigenvalue weighted by molar-refractivity contribution is 6.05. The minimum atomic E-state index is -1.47. The minimum absolute atomic E-state index is 0.0334. The lowest BCUT2D eigenvalue weighted by Gasteiger charge is -2.26. The number of primary amides is 2. The summed E-state index contributed by atoms with van der Waals surface area (Å²) in [6.45, 7) is 0. The van der Waals surface area contributed by atoms with Crippen LogP contribution >= 0.6 is 0 Å². The van der Waals surface area contributed by atoms with Gasteiger partial charge in [-0.1, -0.05) is 6.07 Å². The van der Waals surface area contributed by atoms with Gasteiger partial charge in [0.05, 0.1) is 7.11 Å². The summed E-state index contributed by atoms with van der Waals surface area (Å²) in [5, 5.41) is 2.30. The Morgan fingerprint density at radius 2 is 2.00 bits per heavy atom. The zero-order valence-electron chi connectivity index (χ0n) is 13.0. The van der Waals surface area contributed by atoms with Crippen molar-refractivity contribution in [3.8, 4) is 5.75 Å². The van der Waals surface area contributed by atoms with Crippen LogP contribution in [0.2, 0.25) is 0 Å². The number of benzene rings is 1. The summed E-state index contributed by atoms with van der Waals surface area (Å²) in [5.74, 6) is -1.51. The predicted molar refractivity (Wildman–Crippen MR) is 83.6 cm³/mol. The van der Waals surface area contributed by atoms with Crippen molar-refractivity contribution in [2.45, 2.75) is 37.6 Å². The number of rotatable bonds is 6. The molecule has 0 radical (unpaired) electrons. The molecule has 1 aliphatic carbocycles. The Bertz CT molecular complexity index is 616. The first kappa shape index (κ1) is 16.8. The summed E-state index contributed by atoms with van der Waals surface area (Å²) in [4.78, 5) is 34.4. The van der Waals surface area contributed by atoms with Gasteiger partial charge in [-0.05, 0) is 48.4 Å². The fourth-order valence-electron chi connectivity index (χ4n) is 2.96. The van der Waals surface area contributed by atoms with E-state index in [4.69, 9.17) is 16.2 Å². The van der Waals surface area contributed by atoms with Crippen LogP contribution in [0.1, 0.15) is 36.3 Å². The smallest absolute Gasteiger partial charge is 0.249 e. The van der Waals surface area contributed by atoms with Crippen LogP contribution in [0.4, 0.5) is 0 Å². The summed E-state index contributed by atoms with van der Waals surface area (Å²) in [6.07, 6.45) is 2.95. The molecule has 0 bridgehead atoms. The molecule has 7 heteroatoms. The molecule has 0 saturated carbocycles. The van der Waals surface area contributed by atoms with Gasteiger partial charge in [0.25, 0.3) is 0 Å². The first-order chi connectivity index (χ1) is 10.9. The number of carbonyl (C=O) groups excluding carboxylic acids is 3. The quantitative estimate of drug-likeness (QED) is 0.636. The lowest BCUT2D eigenvalue weighted by Crippen LogP contribution is -2.52. The molecule has 1 aromatic carbocycles. The third kappa shape index (κ3) is 4.00. The number of methoxy groups -OCH3 is 1. The zero-order valence-corrected chi connectivity index (χ0v) is 13.0. The molecule has 2 rings (SSSR count). The van der Waals surface area contributed by atoms with Crippen LogP contribution in [0.5, 0.6) is 5.75 Å². The van der Waals surface area contributed by atoms with Crippen LogP contribution in [-0.2, 0) is 20.8 Å². The average Bonchev–Trinajstić information content (AvgIpc) is 2.51. The van der Waals surface area contributed by atoms with Crippen molar-refractivity contribution in [3.05, 3.63) is 29.3 Å². The molecule has 0 heterocycles. The number of fused-ring (bicyclic) bond motifs is 1. The van der Waals surface area contributed by atoms with E-state index in [0.29, 0.717) is 0 Å². The molecule has 1 aromatic rings. The number of hydrogen-bond donors (Lipinski definition) is 3. The summed E-state index contributed by atoms with van der Waals surface area (Å²) in [5.41, 5.74) is 12.4. The Labute approximate surface area is 134 Å². The number of amides is 3. The number of nitrogens with two attached hydrogens (primary N) is 2. The van der Waals surface area contributed by atoms with Gasteiger partial charge in [0.15, 0.2) is 6.04 Å². The number of carbonyl (C=O) groups is 3. The van der Waals surface area contributed by atoms with Gasteiger partial charge in [0, 0.05) is 6.42 Å². The van der Waals surface area contributed by atoms with Crippen molar-refractivity contribution in [2.75, 3.05) is 7.11 Å². The van der Waals surface area contributed by atoms with Gasteiger partial charge in [-0.2, -0.15) is 0 Å². The first-order valence-corrected chi connectivity index (χ1v) is 7.47. The molecule has 23 heavy (non-hydrogen) atoms. The lowest BCUT2D eigenvalue weighted by atomic mass is 9.81. The van der Waals surface area contributed by atoms with Gasteiger partial charge in [-0.15, -0.1) is 0 Å². The summed E-state index contributed by atoms with van der Waals surface area (Å²) in [7, 11) is 1.61. The molecule has 124 valence electrons. The van der Waals surface area contributed by atoms with Crippen molar-refractivity contribution < 1.29 is 19.1 Å². The molecule has 0 aliphatic heterocycles. The second kappa shape index (κ2) is 7.13. The van der Waals surface area contributed by atoms with Crippen LogP contribution in [0, 0.1) is 0 Å². The average molecular weight is 319 g/mol. The Balaban J connectivity index is 2.08. The second-order valence-electron chi connectivity index (χ2n) is 5.66. The number of hydrogen-bond acceptors (Lipinski definition) is 4. The highest BCUT2D eigenvalue weighted by Crippen LogP contribution is 2.35. The van der Waals surface area contributed by atoms with E-state index >= 15 is 0 Å². The highest BCUT2D eigenvalue weighted by atomic mass is 16.5. The molecular formula is C16H21N3O4. The Hall–Kier alpha value is -2.57. The van der Waals surface area contributed by atoms with E-state index in [0.717, 1.165) is 36.1 Å². The monoisotopic (exact) mass is 319 g/mol. The Morgan fingerprint density at radius 3 is 2.61 bits per heavy atom. The fourth-order valence-corrected chi connectivity index (χ4v) is 2.96. The van der Waals surface area contributed by atoms with Crippen molar-refractivity contribution >= 4 is 17.7 Å². The highest BCUT2D eigenvalue weighted by Gasteiger charge is 2.27. The van der Waals surface area contributed by atoms with E-state index in [9.17, 15) is 14.4 Å². The summed E-state index contributed by atoms with van der Waals surface area (Å²) in [6, 6.07) is 4.34. The van der Waals surface area contributed by atoms with Crippen molar-refractivity contribution in [3.63, 3.8) is 0 Å². The maximum Gasteiger partial charge on any atom is 0.249 e. The van der Waals surface area contributed by atoms with Crippen LogP contribution < -0.4 is 21.5 Å². The van der Waals surface area contributed by atoms with Gasteiger partial charge in [-0.25, -0.2) is 0 Å². The normalized spacial score (nSPS) is 16.5. The Kier molecular flexibility index (Phi) is 5.20. The number of aryl methyl sites for hydroxylation is 1. The third-order valence-corrected chi connectivity index (χ3v) is 4.09. The molecule has 0 spiro atoms. The largest absolute Gasteiger partial charge is 0.497 e. The predicted octanol–water partition coefficient (Wildman–Crippen LogP) is -0.0394. The van der Waals surface area contributed by atoms with E-state index < -0.39 is 23.8 Å². The molecule has 0 saturated heterocycles.